The number of sulfonamides is 1. The highest BCUT2D eigenvalue weighted by atomic mass is 35.5. The quantitative estimate of drug-likeness (QED) is 0.883. The molecule has 0 aliphatic carbocycles. The van der Waals surface area contributed by atoms with Crippen molar-refractivity contribution < 1.29 is 17.9 Å². The first-order valence-corrected chi connectivity index (χ1v) is 7.76. The van der Waals surface area contributed by atoms with Gasteiger partial charge in [-0.15, -0.1) is 0 Å². The van der Waals surface area contributed by atoms with Gasteiger partial charge >= 0.3 is 0 Å². The van der Waals surface area contributed by atoms with Gasteiger partial charge in [0.2, 0.25) is 10.0 Å². The summed E-state index contributed by atoms with van der Waals surface area (Å²) in [6.45, 7) is 3.58. The van der Waals surface area contributed by atoms with Crippen LogP contribution in [0.15, 0.2) is 23.1 Å². The summed E-state index contributed by atoms with van der Waals surface area (Å²) in [4.78, 5) is 13.2. The van der Waals surface area contributed by atoms with E-state index < -0.39 is 10.0 Å². The molecular weight excluding hydrogens is 304 g/mol. The summed E-state index contributed by atoms with van der Waals surface area (Å²) < 4.78 is 27.6. The first-order valence-electron chi connectivity index (χ1n) is 5.83. The van der Waals surface area contributed by atoms with Crippen molar-refractivity contribution in [1.82, 2.24) is 4.90 Å². The van der Waals surface area contributed by atoms with Gasteiger partial charge in [0, 0.05) is 13.1 Å². The second-order valence-corrected chi connectivity index (χ2v) is 6.49. The molecule has 112 valence electrons. The maximum absolute atomic E-state index is 11.7. The fourth-order valence-corrected chi connectivity index (χ4v) is 2.14. The van der Waals surface area contributed by atoms with Crippen LogP contribution in [0.2, 0.25) is 5.02 Å². The first-order chi connectivity index (χ1) is 9.12. The molecule has 0 radical (unpaired) electrons. The summed E-state index contributed by atoms with van der Waals surface area (Å²) in [5.74, 6) is 0.0242. The van der Waals surface area contributed by atoms with Gasteiger partial charge in [0.15, 0.2) is 6.61 Å². The molecule has 0 atom stereocenters. The molecule has 0 fully saturated rings. The molecule has 0 spiro atoms. The molecule has 2 N–H and O–H groups in total. The molecule has 0 unspecified atom stereocenters. The highest BCUT2D eigenvalue weighted by Crippen LogP contribution is 2.26. The van der Waals surface area contributed by atoms with Crippen molar-refractivity contribution >= 4 is 27.5 Å². The van der Waals surface area contributed by atoms with E-state index in [9.17, 15) is 13.2 Å². The average molecular weight is 321 g/mol. The van der Waals surface area contributed by atoms with Gasteiger partial charge in [-0.05, 0) is 32.0 Å². The number of halogens is 1. The van der Waals surface area contributed by atoms with E-state index in [4.69, 9.17) is 21.5 Å². The molecule has 0 saturated carbocycles. The number of carbonyl (C=O) groups excluding carboxylic acids is 1. The Bertz CT molecular complexity index is 601. The van der Waals surface area contributed by atoms with Gasteiger partial charge in [-0.1, -0.05) is 11.6 Å². The summed E-state index contributed by atoms with van der Waals surface area (Å²) in [6, 6.07) is 3.88. The molecule has 0 heterocycles. The van der Waals surface area contributed by atoms with Gasteiger partial charge in [-0.2, -0.15) is 0 Å². The summed E-state index contributed by atoms with van der Waals surface area (Å²) in [5, 5.41) is 5.06. The monoisotopic (exact) mass is 320 g/mol. The molecule has 0 saturated heterocycles. The summed E-state index contributed by atoms with van der Waals surface area (Å²) in [5.41, 5.74) is 0. The van der Waals surface area contributed by atoms with Crippen LogP contribution in [-0.4, -0.2) is 38.9 Å². The lowest BCUT2D eigenvalue weighted by Crippen LogP contribution is -2.36. The zero-order chi connectivity index (χ0) is 15.5. The highest BCUT2D eigenvalue weighted by molar-refractivity contribution is 7.89. The molecule has 6 nitrogen and oxygen atoms in total. The van der Waals surface area contributed by atoms with Gasteiger partial charge in [0.25, 0.3) is 5.91 Å². The third kappa shape index (κ3) is 4.36. The van der Waals surface area contributed by atoms with Crippen LogP contribution in [0.4, 0.5) is 0 Å². The van der Waals surface area contributed by atoms with Crippen LogP contribution >= 0.6 is 11.6 Å². The van der Waals surface area contributed by atoms with E-state index in [1.807, 2.05) is 13.8 Å². The summed E-state index contributed by atoms with van der Waals surface area (Å²) >= 11 is 5.89. The number of rotatable bonds is 5. The molecule has 1 rings (SSSR count). The minimum atomic E-state index is -3.81. The predicted octanol–water partition coefficient (Wildman–Crippen LogP) is 1.23. The number of nitrogens with zero attached hydrogens (tertiary/aromatic N) is 1. The predicted molar refractivity (Wildman–Crippen MR) is 76.2 cm³/mol. The van der Waals surface area contributed by atoms with E-state index in [0.29, 0.717) is 0 Å². The zero-order valence-corrected chi connectivity index (χ0v) is 13.0. The summed E-state index contributed by atoms with van der Waals surface area (Å²) in [7, 11) is -2.14. The Kier molecular flexibility index (Phi) is 5.38. The third-order valence-electron chi connectivity index (χ3n) is 2.75. The number of hydrogen-bond donors (Lipinski definition) is 1. The Balaban J connectivity index is 2.78. The minimum Gasteiger partial charge on any atom is -0.482 e. The Morgan fingerprint density at radius 1 is 1.45 bits per heavy atom. The smallest absolute Gasteiger partial charge is 0.260 e. The van der Waals surface area contributed by atoms with E-state index in [-0.39, 0.29) is 34.2 Å². The molecule has 1 aromatic rings. The van der Waals surface area contributed by atoms with E-state index in [1.165, 1.54) is 23.1 Å². The number of hydrogen-bond acceptors (Lipinski definition) is 4. The topological polar surface area (TPSA) is 89.7 Å². The number of benzene rings is 1. The molecule has 1 amide bonds. The van der Waals surface area contributed by atoms with Crippen molar-refractivity contribution in [3.8, 4) is 5.75 Å². The standard InChI is InChI=1S/C12H17ClN2O4S/c1-8(2)15(3)12(16)7-19-11-5-4-9(6-10(11)13)20(14,17)18/h4-6,8H,7H2,1-3H3,(H2,14,17,18). The van der Waals surface area contributed by atoms with Crippen molar-refractivity contribution in [1.29, 1.82) is 0 Å². The maximum atomic E-state index is 11.7. The van der Waals surface area contributed by atoms with Crippen molar-refractivity contribution in [3.63, 3.8) is 0 Å². The van der Waals surface area contributed by atoms with Crippen LogP contribution in [0, 0.1) is 0 Å². The molecule has 0 aliphatic rings. The number of ether oxygens (including phenoxy) is 1. The van der Waals surface area contributed by atoms with Crippen molar-refractivity contribution in [3.05, 3.63) is 23.2 Å². The third-order valence-corrected chi connectivity index (χ3v) is 3.96. The second-order valence-electron chi connectivity index (χ2n) is 4.52. The van der Waals surface area contributed by atoms with Crippen LogP contribution in [0.1, 0.15) is 13.8 Å². The lowest BCUT2D eigenvalue weighted by molar-refractivity contribution is -0.133. The van der Waals surface area contributed by atoms with Crippen molar-refractivity contribution in [2.75, 3.05) is 13.7 Å². The number of likely N-dealkylation sites (N-methyl/N-ethyl adjacent to an activating group) is 1. The second kappa shape index (κ2) is 6.43. The van der Waals surface area contributed by atoms with Crippen LogP contribution < -0.4 is 9.88 Å². The van der Waals surface area contributed by atoms with E-state index >= 15 is 0 Å². The van der Waals surface area contributed by atoms with Crippen LogP contribution in [0.25, 0.3) is 0 Å². The number of amides is 1. The van der Waals surface area contributed by atoms with Crippen molar-refractivity contribution in [2.24, 2.45) is 5.14 Å². The fraction of sp³-hybridized carbons (Fsp3) is 0.417. The lowest BCUT2D eigenvalue weighted by atomic mass is 10.3. The molecule has 20 heavy (non-hydrogen) atoms. The first kappa shape index (κ1) is 16.7. The molecule has 1 aromatic carbocycles. The Hall–Kier alpha value is -1.31. The number of carbonyl (C=O) groups is 1. The SMILES string of the molecule is CC(C)N(C)C(=O)COc1ccc(S(N)(=O)=O)cc1Cl. The van der Waals surface area contributed by atoms with Crippen LogP contribution in [0.3, 0.4) is 0 Å². The molecule has 0 aliphatic heterocycles. The molecular formula is C12H17ClN2O4S. The van der Waals surface area contributed by atoms with E-state index in [2.05, 4.69) is 0 Å². The molecule has 8 heteroatoms. The van der Waals surface area contributed by atoms with Crippen LogP contribution in [0.5, 0.6) is 5.75 Å². The number of nitrogens with two attached hydrogens (primary N) is 1. The van der Waals surface area contributed by atoms with Gasteiger partial charge < -0.3 is 9.64 Å². The Morgan fingerprint density at radius 2 is 2.05 bits per heavy atom. The Labute approximate surface area is 123 Å². The van der Waals surface area contributed by atoms with Crippen LogP contribution in [-0.2, 0) is 14.8 Å². The van der Waals surface area contributed by atoms with E-state index in [1.54, 1.807) is 7.05 Å². The Morgan fingerprint density at radius 3 is 2.50 bits per heavy atom. The van der Waals surface area contributed by atoms with E-state index in [0.717, 1.165) is 0 Å². The van der Waals surface area contributed by atoms with Crippen molar-refractivity contribution in [2.45, 2.75) is 24.8 Å². The molecule has 0 bridgehead atoms. The summed E-state index contributed by atoms with van der Waals surface area (Å²) in [6.07, 6.45) is 0. The average Bonchev–Trinajstić information content (AvgIpc) is 2.34. The van der Waals surface area contributed by atoms with Gasteiger partial charge in [0.1, 0.15) is 5.75 Å². The largest absolute Gasteiger partial charge is 0.482 e. The lowest BCUT2D eigenvalue weighted by Gasteiger charge is -2.21. The van der Waals surface area contributed by atoms with Gasteiger partial charge in [0.05, 0.1) is 9.92 Å². The fourth-order valence-electron chi connectivity index (χ4n) is 1.30. The zero-order valence-electron chi connectivity index (χ0n) is 11.5. The normalized spacial score (nSPS) is 11.5. The van der Waals surface area contributed by atoms with Gasteiger partial charge in [-0.3, -0.25) is 4.79 Å². The van der Waals surface area contributed by atoms with Gasteiger partial charge in [-0.25, -0.2) is 13.6 Å². The molecule has 0 aromatic heterocycles. The highest BCUT2D eigenvalue weighted by Gasteiger charge is 2.15. The maximum Gasteiger partial charge on any atom is 0.260 e. The minimum absolute atomic E-state index is 0.0614. The number of primary sulfonamides is 1.